The van der Waals surface area contributed by atoms with E-state index in [0.717, 1.165) is 5.56 Å². The van der Waals surface area contributed by atoms with Crippen LogP contribution in [0.3, 0.4) is 0 Å². The van der Waals surface area contributed by atoms with E-state index in [1.165, 1.54) is 19.2 Å². The van der Waals surface area contributed by atoms with Gasteiger partial charge in [-0.15, -0.1) is 0 Å². The number of halogens is 1. The van der Waals surface area contributed by atoms with Crippen LogP contribution >= 0.6 is 11.6 Å². The third kappa shape index (κ3) is 3.64. The molecule has 0 amide bonds. The van der Waals surface area contributed by atoms with Gasteiger partial charge in [-0.05, 0) is 30.7 Å². The summed E-state index contributed by atoms with van der Waals surface area (Å²) < 4.78 is 5.23. The van der Waals surface area contributed by atoms with E-state index in [1.807, 2.05) is 25.1 Å². The Hall–Kier alpha value is -2.27. The fraction of sp³-hybridized carbons (Fsp3) is 0.200. The summed E-state index contributed by atoms with van der Waals surface area (Å²) in [6.07, 6.45) is 0. The van der Waals surface area contributed by atoms with E-state index in [9.17, 15) is 10.1 Å². The third-order valence-corrected chi connectivity index (χ3v) is 3.35. The molecule has 2 aromatic rings. The van der Waals surface area contributed by atoms with Crippen molar-refractivity contribution in [2.45, 2.75) is 13.0 Å². The highest BCUT2D eigenvalue weighted by Crippen LogP contribution is 2.32. The predicted octanol–water partition coefficient (Wildman–Crippen LogP) is 4.43. The van der Waals surface area contributed by atoms with Crippen molar-refractivity contribution in [1.82, 2.24) is 0 Å². The molecule has 0 saturated heterocycles. The highest BCUT2D eigenvalue weighted by Gasteiger charge is 2.14. The molecule has 0 radical (unpaired) electrons. The minimum atomic E-state index is -0.436. The lowest BCUT2D eigenvalue weighted by atomic mass is 10.1. The molecule has 2 aromatic carbocycles. The molecular formula is C15H15ClN2O3. The molecule has 0 aliphatic rings. The molecule has 1 N–H and O–H groups in total. The summed E-state index contributed by atoms with van der Waals surface area (Å²) in [7, 11) is 1.52. The van der Waals surface area contributed by atoms with Crippen LogP contribution in [0.4, 0.5) is 11.4 Å². The van der Waals surface area contributed by atoms with Gasteiger partial charge in [0.25, 0.3) is 5.69 Å². The molecule has 0 aromatic heterocycles. The van der Waals surface area contributed by atoms with Crippen molar-refractivity contribution < 1.29 is 9.66 Å². The first kappa shape index (κ1) is 15.1. The Balaban J connectivity index is 2.29. The van der Waals surface area contributed by atoms with Gasteiger partial charge in [0.2, 0.25) is 0 Å². The largest absolute Gasteiger partial charge is 0.495 e. The van der Waals surface area contributed by atoms with E-state index >= 15 is 0 Å². The fourth-order valence-electron chi connectivity index (χ4n) is 2.01. The zero-order chi connectivity index (χ0) is 15.4. The van der Waals surface area contributed by atoms with E-state index < -0.39 is 4.92 Å². The molecule has 0 fully saturated rings. The molecule has 6 heteroatoms. The molecule has 0 spiro atoms. The fourth-order valence-corrected chi connectivity index (χ4v) is 2.21. The molecule has 0 aliphatic carbocycles. The van der Waals surface area contributed by atoms with E-state index in [2.05, 4.69) is 5.32 Å². The van der Waals surface area contributed by atoms with Crippen LogP contribution in [0, 0.1) is 10.1 Å². The van der Waals surface area contributed by atoms with Crippen LogP contribution in [0.1, 0.15) is 18.5 Å². The number of non-ortho nitro benzene ring substituents is 1. The van der Waals surface area contributed by atoms with Crippen molar-refractivity contribution in [3.8, 4) is 5.75 Å². The van der Waals surface area contributed by atoms with E-state index in [0.29, 0.717) is 16.5 Å². The van der Waals surface area contributed by atoms with Gasteiger partial charge in [-0.1, -0.05) is 23.7 Å². The number of benzene rings is 2. The van der Waals surface area contributed by atoms with Gasteiger partial charge in [0, 0.05) is 23.2 Å². The Kier molecular flexibility index (Phi) is 4.65. The lowest BCUT2D eigenvalue weighted by Crippen LogP contribution is -2.08. The highest BCUT2D eigenvalue weighted by atomic mass is 35.5. The summed E-state index contributed by atoms with van der Waals surface area (Å²) >= 11 is 5.98. The maximum Gasteiger partial charge on any atom is 0.271 e. The number of anilines is 1. The lowest BCUT2D eigenvalue weighted by Gasteiger charge is -2.18. The molecule has 21 heavy (non-hydrogen) atoms. The number of ether oxygens (including phenoxy) is 1. The molecule has 5 nitrogen and oxygen atoms in total. The van der Waals surface area contributed by atoms with Crippen LogP contribution in [-0.4, -0.2) is 12.0 Å². The SMILES string of the molecule is COc1ccc([N+](=O)[O-])cc1NC(C)c1cccc(Cl)c1. The second-order valence-electron chi connectivity index (χ2n) is 4.56. The summed E-state index contributed by atoms with van der Waals surface area (Å²) in [6.45, 7) is 1.95. The number of nitrogens with one attached hydrogen (secondary N) is 1. The summed E-state index contributed by atoms with van der Waals surface area (Å²) in [4.78, 5) is 10.4. The Morgan fingerprint density at radius 1 is 1.29 bits per heavy atom. The van der Waals surface area contributed by atoms with Crippen molar-refractivity contribution >= 4 is 23.0 Å². The molecule has 110 valence electrons. The first-order valence-corrected chi connectivity index (χ1v) is 6.73. The van der Waals surface area contributed by atoms with Crippen LogP contribution in [0.25, 0.3) is 0 Å². The van der Waals surface area contributed by atoms with Gasteiger partial charge >= 0.3 is 0 Å². The highest BCUT2D eigenvalue weighted by molar-refractivity contribution is 6.30. The summed E-state index contributed by atoms with van der Waals surface area (Å²) in [5, 5.41) is 14.7. The van der Waals surface area contributed by atoms with E-state index in [1.54, 1.807) is 12.1 Å². The maximum absolute atomic E-state index is 10.9. The van der Waals surface area contributed by atoms with Crippen molar-refractivity contribution in [3.63, 3.8) is 0 Å². The number of methoxy groups -OCH3 is 1. The molecule has 2 rings (SSSR count). The Bertz CT molecular complexity index is 661. The Labute approximate surface area is 127 Å². The second kappa shape index (κ2) is 6.45. The Morgan fingerprint density at radius 3 is 2.67 bits per heavy atom. The Morgan fingerprint density at radius 2 is 2.05 bits per heavy atom. The van der Waals surface area contributed by atoms with Crippen LogP contribution < -0.4 is 10.1 Å². The number of rotatable bonds is 5. The minimum Gasteiger partial charge on any atom is -0.495 e. The molecular weight excluding hydrogens is 292 g/mol. The predicted molar refractivity (Wildman–Crippen MR) is 83.1 cm³/mol. The molecule has 0 bridgehead atoms. The third-order valence-electron chi connectivity index (χ3n) is 3.11. The van der Waals surface area contributed by atoms with Crippen molar-refractivity contribution in [1.29, 1.82) is 0 Å². The number of nitrogens with zero attached hydrogens (tertiary/aromatic N) is 1. The first-order chi connectivity index (χ1) is 10.0. The summed E-state index contributed by atoms with van der Waals surface area (Å²) in [5.41, 5.74) is 1.56. The van der Waals surface area contributed by atoms with Gasteiger partial charge in [0.1, 0.15) is 5.75 Å². The van der Waals surface area contributed by atoms with E-state index in [-0.39, 0.29) is 11.7 Å². The van der Waals surface area contributed by atoms with Crippen molar-refractivity contribution in [2.75, 3.05) is 12.4 Å². The maximum atomic E-state index is 10.9. The molecule has 0 saturated carbocycles. The summed E-state index contributed by atoms with van der Waals surface area (Å²) in [6, 6.07) is 11.8. The average Bonchev–Trinajstić information content (AvgIpc) is 2.47. The quantitative estimate of drug-likeness (QED) is 0.655. The topological polar surface area (TPSA) is 64.4 Å². The van der Waals surface area contributed by atoms with Crippen molar-refractivity contribution in [3.05, 3.63) is 63.2 Å². The van der Waals surface area contributed by atoms with Crippen LogP contribution in [0.5, 0.6) is 5.75 Å². The minimum absolute atomic E-state index is 0.0107. The van der Waals surface area contributed by atoms with Crippen molar-refractivity contribution in [2.24, 2.45) is 0 Å². The molecule has 1 atom stereocenters. The van der Waals surface area contributed by atoms with Crippen LogP contribution in [-0.2, 0) is 0 Å². The standard InChI is InChI=1S/C15H15ClN2O3/c1-10(11-4-3-5-12(16)8-11)17-14-9-13(18(19)20)6-7-15(14)21-2/h3-10,17H,1-2H3. The van der Waals surface area contributed by atoms with Crippen LogP contribution in [0.2, 0.25) is 5.02 Å². The summed E-state index contributed by atoms with van der Waals surface area (Å²) in [5.74, 6) is 0.550. The monoisotopic (exact) mass is 306 g/mol. The first-order valence-electron chi connectivity index (χ1n) is 6.35. The molecule has 0 aliphatic heterocycles. The smallest absolute Gasteiger partial charge is 0.271 e. The van der Waals surface area contributed by atoms with Gasteiger partial charge < -0.3 is 10.1 Å². The van der Waals surface area contributed by atoms with Crippen LogP contribution in [0.15, 0.2) is 42.5 Å². The second-order valence-corrected chi connectivity index (χ2v) is 5.00. The van der Waals surface area contributed by atoms with Gasteiger partial charge in [-0.2, -0.15) is 0 Å². The number of hydrogen-bond acceptors (Lipinski definition) is 4. The van der Waals surface area contributed by atoms with E-state index in [4.69, 9.17) is 16.3 Å². The number of nitro benzene ring substituents is 1. The average molecular weight is 307 g/mol. The van der Waals surface area contributed by atoms with Gasteiger partial charge in [0.15, 0.2) is 0 Å². The molecule has 0 heterocycles. The number of nitro groups is 1. The zero-order valence-electron chi connectivity index (χ0n) is 11.7. The number of hydrogen-bond donors (Lipinski definition) is 1. The lowest BCUT2D eigenvalue weighted by molar-refractivity contribution is -0.384. The normalized spacial score (nSPS) is 11.8. The van der Waals surface area contributed by atoms with Gasteiger partial charge in [-0.25, -0.2) is 0 Å². The van der Waals surface area contributed by atoms with Gasteiger partial charge in [-0.3, -0.25) is 10.1 Å². The zero-order valence-corrected chi connectivity index (χ0v) is 12.4. The van der Waals surface area contributed by atoms with Gasteiger partial charge in [0.05, 0.1) is 17.7 Å². The molecule has 1 unspecified atom stereocenters.